The lowest BCUT2D eigenvalue weighted by molar-refractivity contribution is -0.131. The van der Waals surface area contributed by atoms with Crippen molar-refractivity contribution in [2.75, 3.05) is 33.8 Å². The number of benzene rings is 1. The molecular weight excluding hydrogens is 272 g/mol. The normalized spacial score (nSPS) is 10.1. The molecule has 21 heavy (non-hydrogen) atoms. The Labute approximate surface area is 124 Å². The highest BCUT2D eigenvalue weighted by molar-refractivity contribution is 5.98. The first-order valence-electron chi connectivity index (χ1n) is 6.84. The zero-order valence-corrected chi connectivity index (χ0v) is 12.9. The van der Waals surface area contributed by atoms with Crippen LogP contribution in [0.3, 0.4) is 0 Å². The van der Waals surface area contributed by atoms with Crippen LogP contribution >= 0.6 is 0 Å². The highest BCUT2D eigenvalue weighted by atomic mass is 16.5. The molecule has 0 unspecified atom stereocenters. The van der Waals surface area contributed by atoms with E-state index in [4.69, 9.17) is 4.74 Å². The van der Waals surface area contributed by atoms with Crippen LogP contribution in [0.2, 0.25) is 0 Å². The maximum atomic E-state index is 12.3. The number of nitrogens with zero attached hydrogens (tertiary/aromatic N) is 2. The Morgan fingerprint density at radius 2 is 1.86 bits per heavy atom. The molecule has 0 aliphatic carbocycles. The van der Waals surface area contributed by atoms with Crippen LogP contribution in [-0.2, 0) is 4.79 Å². The SMILES string of the molecule is CCN(CC)C(=O)CN(C)C(=O)c1ccc(OC)cc1O. The van der Waals surface area contributed by atoms with Crippen LogP contribution in [0.15, 0.2) is 18.2 Å². The van der Waals surface area contributed by atoms with Crippen molar-refractivity contribution in [1.82, 2.24) is 9.80 Å². The molecule has 0 radical (unpaired) electrons. The van der Waals surface area contributed by atoms with E-state index < -0.39 is 5.91 Å². The molecule has 1 aromatic rings. The van der Waals surface area contributed by atoms with Gasteiger partial charge in [0.15, 0.2) is 0 Å². The number of carbonyl (C=O) groups excluding carboxylic acids is 2. The number of aromatic hydroxyl groups is 1. The van der Waals surface area contributed by atoms with Crippen molar-refractivity contribution in [2.45, 2.75) is 13.8 Å². The summed E-state index contributed by atoms with van der Waals surface area (Å²) in [5.41, 5.74) is 0.144. The van der Waals surface area contributed by atoms with Crippen molar-refractivity contribution in [1.29, 1.82) is 0 Å². The quantitative estimate of drug-likeness (QED) is 0.859. The van der Waals surface area contributed by atoms with Crippen LogP contribution in [0.25, 0.3) is 0 Å². The number of phenols is 1. The second kappa shape index (κ2) is 7.52. The Balaban J connectivity index is 2.81. The van der Waals surface area contributed by atoms with Gasteiger partial charge in [0.1, 0.15) is 11.5 Å². The van der Waals surface area contributed by atoms with E-state index in [1.165, 1.54) is 31.2 Å². The molecule has 1 rings (SSSR count). The number of rotatable bonds is 6. The van der Waals surface area contributed by atoms with E-state index in [9.17, 15) is 14.7 Å². The largest absolute Gasteiger partial charge is 0.507 e. The van der Waals surface area contributed by atoms with Crippen molar-refractivity contribution >= 4 is 11.8 Å². The van der Waals surface area contributed by atoms with Crippen molar-refractivity contribution in [2.24, 2.45) is 0 Å². The van der Waals surface area contributed by atoms with E-state index in [1.807, 2.05) is 13.8 Å². The van der Waals surface area contributed by atoms with Gasteiger partial charge < -0.3 is 19.6 Å². The molecule has 6 heteroatoms. The van der Waals surface area contributed by atoms with E-state index in [0.717, 1.165) is 0 Å². The molecule has 1 aromatic carbocycles. The molecule has 2 amide bonds. The minimum Gasteiger partial charge on any atom is -0.507 e. The van der Waals surface area contributed by atoms with Gasteiger partial charge in [0, 0.05) is 26.2 Å². The topological polar surface area (TPSA) is 70.1 Å². The average Bonchev–Trinajstić information content (AvgIpc) is 2.47. The first kappa shape index (κ1) is 16.8. The van der Waals surface area contributed by atoms with Gasteiger partial charge in [0.25, 0.3) is 5.91 Å². The minimum absolute atomic E-state index is 0.0218. The fraction of sp³-hybridized carbons (Fsp3) is 0.467. The Hall–Kier alpha value is -2.24. The molecule has 0 atom stereocenters. The molecule has 0 aliphatic heterocycles. The van der Waals surface area contributed by atoms with Crippen LogP contribution < -0.4 is 4.74 Å². The van der Waals surface area contributed by atoms with Crippen LogP contribution in [0.1, 0.15) is 24.2 Å². The fourth-order valence-corrected chi connectivity index (χ4v) is 1.98. The summed E-state index contributed by atoms with van der Waals surface area (Å²) in [6.07, 6.45) is 0. The van der Waals surface area contributed by atoms with Crippen LogP contribution in [0, 0.1) is 0 Å². The molecule has 0 saturated carbocycles. The number of hydrogen-bond donors (Lipinski definition) is 1. The second-order valence-electron chi connectivity index (χ2n) is 4.61. The summed E-state index contributed by atoms with van der Waals surface area (Å²) in [7, 11) is 3.01. The van der Waals surface area contributed by atoms with E-state index >= 15 is 0 Å². The van der Waals surface area contributed by atoms with E-state index in [-0.39, 0.29) is 23.8 Å². The summed E-state index contributed by atoms with van der Waals surface area (Å²) in [6, 6.07) is 4.44. The van der Waals surface area contributed by atoms with Crippen LogP contribution in [0.5, 0.6) is 11.5 Å². The van der Waals surface area contributed by atoms with Crippen LogP contribution in [-0.4, -0.2) is 60.5 Å². The van der Waals surface area contributed by atoms with Gasteiger partial charge in [-0.3, -0.25) is 9.59 Å². The zero-order valence-electron chi connectivity index (χ0n) is 12.9. The Morgan fingerprint density at radius 1 is 1.24 bits per heavy atom. The first-order valence-corrected chi connectivity index (χ1v) is 6.84. The fourth-order valence-electron chi connectivity index (χ4n) is 1.98. The van der Waals surface area contributed by atoms with E-state index in [2.05, 4.69) is 0 Å². The third-order valence-electron chi connectivity index (χ3n) is 3.27. The summed E-state index contributed by atoms with van der Waals surface area (Å²) in [4.78, 5) is 27.2. The molecule has 0 spiro atoms. The number of ether oxygens (including phenoxy) is 1. The molecule has 0 aliphatic rings. The lowest BCUT2D eigenvalue weighted by Crippen LogP contribution is -2.41. The number of phenolic OH excluding ortho intramolecular Hbond substituents is 1. The molecule has 0 aromatic heterocycles. The molecule has 1 N–H and O–H groups in total. The Morgan fingerprint density at radius 3 is 2.33 bits per heavy atom. The van der Waals surface area contributed by atoms with Crippen molar-refractivity contribution < 1.29 is 19.4 Å². The number of amides is 2. The van der Waals surface area contributed by atoms with E-state index in [1.54, 1.807) is 11.0 Å². The number of likely N-dealkylation sites (N-methyl/N-ethyl adjacent to an activating group) is 2. The third kappa shape index (κ3) is 4.11. The van der Waals surface area contributed by atoms with Gasteiger partial charge in [-0.25, -0.2) is 0 Å². The van der Waals surface area contributed by atoms with Gasteiger partial charge >= 0.3 is 0 Å². The van der Waals surface area contributed by atoms with Gasteiger partial charge in [0.2, 0.25) is 5.91 Å². The van der Waals surface area contributed by atoms with Gasteiger partial charge in [-0.15, -0.1) is 0 Å². The molecule has 0 fully saturated rings. The summed E-state index contributed by atoms with van der Waals surface area (Å²) in [6.45, 7) is 4.96. The number of hydrogen-bond acceptors (Lipinski definition) is 4. The maximum Gasteiger partial charge on any atom is 0.257 e. The predicted molar refractivity (Wildman–Crippen MR) is 79.5 cm³/mol. The summed E-state index contributed by atoms with van der Waals surface area (Å²) >= 11 is 0. The van der Waals surface area contributed by atoms with Crippen molar-refractivity contribution in [3.8, 4) is 11.5 Å². The molecule has 0 saturated heterocycles. The van der Waals surface area contributed by atoms with Gasteiger partial charge in [-0.05, 0) is 26.0 Å². The Kier molecular flexibility index (Phi) is 6.02. The Bertz CT molecular complexity index is 512. The molecule has 6 nitrogen and oxygen atoms in total. The van der Waals surface area contributed by atoms with Crippen molar-refractivity contribution in [3.05, 3.63) is 23.8 Å². The highest BCUT2D eigenvalue weighted by Gasteiger charge is 2.20. The number of methoxy groups -OCH3 is 1. The number of carbonyl (C=O) groups is 2. The van der Waals surface area contributed by atoms with Crippen LogP contribution in [0.4, 0.5) is 0 Å². The summed E-state index contributed by atoms with van der Waals surface area (Å²) < 4.78 is 4.97. The minimum atomic E-state index is -0.407. The summed E-state index contributed by atoms with van der Waals surface area (Å²) in [5.74, 6) is -0.230. The predicted octanol–water partition coefficient (Wildman–Crippen LogP) is 1.34. The zero-order chi connectivity index (χ0) is 16.0. The van der Waals surface area contributed by atoms with Gasteiger partial charge in [-0.2, -0.15) is 0 Å². The molecule has 0 bridgehead atoms. The molecular formula is C15H22N2O4. The van der Waals surface area contributed by atoms with Gasteiger partial charge in [-0.1, -0.05) is 0 Å². The average molecular weight is 294 g/mol. The standard InChI is InChI=1S/C15H22N2O4/c1-5-17(6-2)14(19)10-16(3)15(20)12-8-7-11(21-4)9-13(12)18/h7-9,18H,5-6,10H2,1-4H3. The highest BCUT2D eigenvalue weighted by Crippen LogP contribution is 2.24. The maximum absolute atomic E-state index is 12.3. The second-order valence-corrected chi connectivity index (χ2v) is 4.61. The van der Waals surface area contributed by atoms with E-state index in [0.29, 0.717) is 18.8 Å². The van der Waals surface area contributed by atoms with Crippen molar-refractivity contribution in [3.63, 3.8) is 0 Å². The summed E-state index contributed by atoms with van der Waals surface area (Å²) in [5, 5.41) is 9.85. The van der Waals surface area contributed by atoms with Gasteiger partial charge in [0.05, 0.1) is 19.2 Å². The monoisotopic (exact) mass is 294 g/mol. The third-order valence-corrected chi connectivity index (χ3v) is 3.27. The molecule has 116 valence electrons. The molecule has 0 heterocycles. The first-order chi connectivity index (χ1) is 9.94. The lowest BCUT2D eigenvalue weighted by Gasteiger charge is -2.23. The lowest BCUT2D eigenvalue weighted by atomic mass is 10.1. The smallest absolute Gasteiger partial charge is 0.257 e.